The minimum atomic E-state index is -0.300. The molecule has 204 valence electrons. The molecule has 1 saturated heterocycles. The van der Waals surface area contributed by atoms with Crippen molar-refractivity contribution in [3.63, 3.8) is 0 Å². The number of carbonyl (C=O) groups excluding carboxylic acids is 2. The number of ether oxygens (including phenoxy) is 2. The van der Waals surface area contributed by atoms with Crippen LogP contribution in [0.5, 0.6) is 5.75 Å². The first-order valence-electron chi connectivity index (χ1n) is 13.8. The van der Waals surface area contributed by atoms with Gasteiger partial charge in [0.25, 0.3) is 5.91 Å². The van der Waals surface area contributed by atoms with Gasteiger partial charge in [-0.15, -0.1) is 0 Å². The fourth-order valence-electron chi connectivity index (χ4n) is 5.86. The number of methoxy groups -OCH3 is 1. The zero-order valence-electron chi connectivity index (χ0n) is 22.6. The summed E-state index contributed by atoms with van der Waals surface area (Å²) in [5, 5.41) is 6.43. The van der Waals surface area contributed by atoms with Crippen LogP contribution in [0.1, 0.15) is 49.4 Å². The first kappa shape index (κ1) is 26.4. The number of hydrazone groups is 1. The fraction of sp³-hybridized carbons (Fsp3) is 0.552. The molecule has 1 aromatic heterocycles. The molecule has 38 heavy (non-hydrogen) atoms. The summed E-state index contributed by atoms with van der Waals surface area (Å²) in [6, 6.07) is 11.5. The van der Waals surface area contributed by atoms with Crippen LogP contribution in [0.15, 0.2) is 47.7 Å². The lowest BCUT2D eigenvalue weighted by Crippen LogP contribution is -2.48. The Labute approximate surface area is 225 Å². The van der Waals surface area contributed by atoms with Gasteiger partial charge in [0, 0.05) is 57.3 Å². The third kappa shape index (κ3) is 5.78. The number of aryl methyl sites for hydroxylation is 1. The number of rotatable bonds is 9. The van der Waals surface area contributed by atoms with Gasteiger partial charge in [0.2, 0.25) is 5.91 Å². The van der Waals surface area contributed by atoms with E-state index in [9.17, 15) is 9.59 Å². The van der Waals surface area contributed by atoms with E-state index in [1.807, 2.05) is 54.2 Å². The number of morpholine rings is 1. The van der Waals surface area contributed by atoms with Crippen molar-refractivity contribution in [2.75, 3.05) is 53.0 Å². The molecule has 0 bridgehead atoms. The standard InChI is InChI=1S/C29H39N5O4/c1-31-13-7-11-25(31)24-20-26(23-10-5-6-12-27(23)37-2)34(30-24)28(35)21-33(29(36)22-8-3-4-9-22)15-14-32-16-18-38-19-17-32/h5-7,10-13,22,26H,3-4,8-9,14-21H2,1-2H3/t26-/m1/s1. The van der Waals surface area contributed by atoms with E-state index < -0.39 is 0 Å². The predicted octanol–water partition coefficient (Wildman–Crippen LogP) is 3.06. The first-order chi connectivity index (χ1) is 18.5. The molecule has 2 fully saturated rings. The molecule has 9 heteroatoms. The van der Waals surface area contributed by atoms with Crippen molar-refractivity contribution in [3.05, 3.63) is 53.9 Å². The molecular weight excluding hydrogens is 482 g/mol. The van der Waals surface area contributed by atoms with Crippen molar-refractivity contribution in [1.29, 1.82) is 0 Å². The Balaban J connectivity index is 1.39. The summed E-state index contributed by atoms with van der Waals surface area (Å²) in [6.45, 7) is 4.42. The zero-order valence-corrected chi connectivity index (χ0v) is 22.6. The molecule has 0 unspecified atom stereocenters. The topological polar surface area (TPSA) is 79.6 Å². The third-order valence-corrected chi connectivity index (χ3v) is 8.04. The molecule has 9 nitrogen and oxygen atoms in total. The molecule has 1 aromatic carbocycles. The van der Waals surface area contributed by atoms with E-state index in [1.54, 1.807) is 17.0 Å². The SMILES string of the molecule is COc1ccccc1[C@H]1CC(c2cccn2C)=NN1C(=O)CN(CCN1CCOCC1)C(=O)C1CCCC1. The molecule has 0 radical (unpaired) electrons. The second kappa shape index (κ2) is 12.1. The van der Waals surface area contributed by atoms with Gasteiger partial charge in [0.1, 0.15) is 12.3 Å². The number of benzene rings is 1. The third-order valence-electron chi connectivity index (χ3n) is 8.04. The maximum Gasteiger partial charge on any atom is 0.262 e. The maximum atomic E-state index is 14.0. The highest BCUT2D eigenvalue weighted by atomic mass is 16.5. The van der Waals surface area contributed by atoms with Crippen LogP contribution in [-0.2, 0) is 21.4 Å². The predicted molar refractivity (Wildman–Crippen MR) is 145 cm³/mol. The van der Waals surface area contributed by atoms with E-state index in [-0.39, 0.29) is 30.3 Å². The van der Waals surface area contributed by atoms with E-state index in [2.05, 4.69) is 4.90 Å². The van der Waals surface area contributed by atoms with Gasteiger partial charge in [-0.3, -0.25) is 14.5 Å². The summed E-state index contributed by atoms with van der Waals surface area (Å²) in [7, 11) is 3.63. The van der Waals surface area contributed by atoms with E-state index in [1.165, 1.54) is 0 Å². The average Bonchev–Trinajstić information content (AvgIpc) is 3.72. The fourth-order valence-corrected chi connectivity index (χ4v) is 5.86. The molecule has 1 aliphatic carbocycles. The molecule has 1 saturated carbocycles. The molecular formula is C29H39N5O4. The van der Waals surface area contributed by atoms with Crippen molar-refractivity contribution >= 4 is 17.5 Å². The van der Waals surface area contributed by atoms with Gasteiger partial charge >= 0.3 is 0 Å². The van der Waals surface area contributed by atoms with Crippen LogP contribution in [0, 0.1) is 5.92 Å². The van der Waals surface area contributed by atoms with Crippen LogP contribution in [0.25, 0.3) is 0 Å². The zero-order chi connectivity index (χ0) is 26.5. The van der Waals surface area contributed by atoms with Crippen molar-refractivity contribution in [2.45, 2.75) is 38.1 Å². The first-order valence-corrected chi connectivity index (χ1v) is 13.8. The van der Waals surface area contributed by atoms with Crippen LogP contribution in [-0.4, -0.2) is 89.9 Å². The lowest BCUT2D eigenvalue weighted by molar-refractivity contribution is -0.144. The van der Waals surface area contributed by atoms with E-state index in [4.69, 9.17) is 14.6 Å². The molecule has 0 N–H and O–H groups in total. The number of aromatic nitrogens is 1. The number of hydrogen-bond acceptors (Lipinski definition) is 6. The Morgan fingerprint density at radius 2 is 1.87 bits per heavy atom. The minimum absolute atomic E-state index is 0.0125. The van der Waals surface area contributed by atoms with Crippen LogP contribution in [0.3, 0.4) is 0 Å². The van der Waals surface area contributed by atoms with Crippen LogP contribution in [0.4, 0.5) is 0 Å². The molecule has 1 atom stereocenters. The second-order valence-electron chi connectivity index (χ2n) is 10.4. The maximum absolute atomic E-state index is 14.0. The van der Waals surface area contributed by atoms with E-state index in [0.717, 1.165) is 68.0 Å². The number of carbonyl (C=O) groups is 2. The summed E-state index contributed by atoms with van der Waals surface area (Å²) in [4.78, 5) is 31.6. The molecule has 3 aliphatic rings. The summed E-state index contributed by atoms with van der Waals surface area (Å²) < 4.78 is 13.2. The lowest BCUT2D eigenvalue weighted by Gasteiger charge is -2.32. The van der Waals surface area contributed by atoms with Gasteiger partial charge in [-0.05, 0) is 31.0 Å². The summed E-state index contributed by atoms with van der Waals surface area (Å²) >= 11 is 0. The molecule has 3 heterocycles. The summed E-state index contributed by atoms with van der Waals surface area (Å²) in [5.41, 5.74) is 2.74. The normalized spacial score (nSPS) is 20.5. The molecule has 2 amide bonds. The second-order valence-corrected chi connectivity index (χ2v) is 10.4. The van der Waals surface area contributed by atoms with Crippen molar-refractivity contribution in [1.82, 2.24) is 19.4 Å². The van der Waals surface area contributed by atoms with Gasteiger partial charge < -0.3 is 18.9 Å². The van der Waals surface area contributed by atoms with Gasteiger partial charge in [-0.1, -0.05) is 31.0 Å². The lowest BCUT2D eigenvalue weighted by atomic mass is 9.99. The number of amides is 2. The average molecular weight is 522 g/mol. The monoisotopic (exact) mass is 521 g/mol. The van der Waals surface area contributed by atoms with Crippen molar-refractivity contribution in [3.8, 4) is 5.75 Å². The summed E-state index contributed by atoms with van der Waals surface area (Å²) in [6.07, 6.45) is 6.53. The van der Waals surface area contributed by atoms with Crippen molar-refractivity contribution in [2.24, 2.45) is 18.1 Å². The smallest absolute Gasteiger partial charge is 0.262 e. The Kier molecular flexibility index (Phi) is 8.44. The minimum Gasteiger partial charge on any atom is -0.496 e. The quantitative estimate of drug-likeness (QED) is 0.507. The highest BCUT2D eigenvalue weighted by molar-refractivity contribution is 6.02. The van der Waals surface area contributed by atoms with E-state index in [0.29, 0.717) is 26.2 Å². The van der Waals surface area contributed by atoms with Gasteiger partial charge in [0.05, 0.1) is 37.8 Å². The molecule has 0 spiro atoms. The molecule has 2 aliphatic heterocycles. The molecule has 2 aromatic rings. The van der Waals surface area contributed by atoms with E-state index >= 15 is 0 Å². The van der Waals surface area contributed by atoms with Crippen LogP contribution < -0.4 is 4.74 Å². The van der Waals surface area contributed by atoms with Gasteiger partial charge in [-0.25, -0.2) is 5.01 Å². The van der Waals surface area contributed by atoms with Gasteiger partial charge in [-0.2, -0.15) is 5.10 Å². The Hall–Kier alpha value is -3.17. The highest BCUT2D eigenvalue weighted by Gasteiger charge is 2.37. The highest BCUT2D eigenvalue weighted by Crippen LogP contribution is 2.37. The Morgan fingerprint density at radius 1 is 1.11 bits per heavy atom. The van der Waals surface area contributed by atoms with Crippen molar-refractivity contribution < 1.29 is 19.1 Å². The largest absolute Gasteiger partial charge is 0.496 e. The number of nitrogens with zero attached hydrogens (tertiary/aromatic N) is 5. The molecule has 5 rings (SSSR count). The van der Waals surface area contributed by atoms with Gasteiger partial charge in [0.15, 0.2) is 0 Å². The van der Waals surface area contributed by atoms with Crippen LogP contribution >= 0.6 is 0 Å². The van der Waals surface area contributed by atoms with Crippen LogP contribution in [0.2, 0.25) is 0 Å². The number of hydrogen-bond donors (Lipinski definition) is 0. The Bertz CT molecular complexity index is 1150. The summed E-state index contributed by atoms with van der Waals surface area (Å²) in [5.74, 6) is 0.672. The Morgan fingerprint density at radius 3 is 2.58 bits per heavy atom. The number of para-hydroxylation sites is 1.